The van der Waals surface area contributed by atoms with Crippen LogP contribution < -0.4 is 10.1 Å². The summed E-state index contributed by atoms with van der Waals surface area (Å²) in [6, 6.07) is 9.46. The molecule has 1 amide bonds. The molecule has 32 heavy (non-hydrogen) atoms. The highest BCUT2D eigenvalue weighted by Gasteiger charge is 2.27. The van der Waals surface area contributed by atoms with Gasteiger partial charge in [-0.3, -0.25) is 4.79 Å². The molecule has 0 radical (unpaired) electrons. The van der Waals surface area contributed by atoms with Gasteiger partial charge in [0.25, 0.3) is 0 Å². The van der Waals surface area contributed by atoms with Gasteiger partial charge >= 0.3 is 5.97 Å². The Labute approximate surface area is 192 Å². The summed E-state index contributed by atoms with van der Waals surface area (Å²) in [5.74, 6) is -0.127. The molecule has 0 aliphatic carbocycles. The van der Waals surface area contributed by atoms with Gasteiger partial charge in [0.1, 0.15) is 10.6 Å². The summed E-state index contributed by atoms with van der Waals surface area (Å²) in [6.45, 7) is 6.76. The summed E-state index contributed by atoms with van der Waals surface area (Å²) in [5, 5.41) is 12.9. The van der Waals surface area contributed by atoms with E-state index in [-0.39, 0.29) is 16.8 Å². The minimum absolute atomic E-state index is 0.0579. The third kappa shape index (κ3) is 5.88. The van der Waals surface area contributed by atoms with Gasteiger partial charge in [-0.1, -0.05) is 43.0 Å². The van der Waals surface area contributed by atoms with Crippen LogP contribution in [-0.4, -0.2) is 41.6 Å². The fraction of sp³-hybridized carbons (Fsp3) is 0.280. The first-order valence-corrected chi connectivity index (χ1v) is 11.2. The number of nitrogens with zero attached hydrogens (tertiary/aromatic N) is 1. The minimum atomic E-state index is -0.971. The van der Waals surface area contributed by atoms with Crippen molar-refractivity contribution >= 4 is 34.5 Å². The Morgan fingerprint density at radius 2 is 2.09 bits per heavy atom. The molecular weight excluding hydrogens is 424 g/mol. The Kier molecular flexibility index (Phi) is 7.89. The SMILES string of the molecule is C=CC=CC=C(C)c1cc(NC2CCN(Cc3ccc(OC)cc3)C(=O)C2)c(C(=O)O)s1. The van der Waals surface area contributed by atoms with Crippen molar-refractivity contribution in [3.63, 3.8) is 0 Å². The largest absolute Gasteiger partial charge is 0.497 e. The van der Waals surface area contributed by atoms with E-state index < -0.39 is 5.97 Å². The monoisotopic (exact) mass is 452 g/mol. The van der Waals surface area contributed by atoms with Crippen molar-refractivity contribution in [1.82, 2.24) is 4.90 Å². The van der Waals surface area contributed by atoms with E-state index in [2.05, 4.69) is 11.9 Å². The number of rotatable bonds is 9. The molecule has 0 bridgehead atoms. The van der Waals surface area contributed by atoms with Crippen molar-refractivity contribution in [3.05, 3.63) is 76.5 Å². The summed E-state index contributed by atoms with van der Waals surface area (Å²) in [4.78, 5) is 27.5. The first kappa shape index (κ1) is 23.3. The molecular formula is C25H28N2O4S. The van der Waals surface area contributed by atoms with Crippen LogP contribution in [0.15, 0.2) is 61.2 Å². The third-order valence-electron chi connectivity index (χ3n) is 5.32. The molecule has 1 aromatic carbocycles. The molecule has 7 heteroatoms. The van der Waals surface area contributed by atoms with Crippen LogP contribution in [0.25, 0.3) is 5.57 Å². The number of amides is 1. The van der Waals surface area contributed by atoms with Crippen molar-refractivity contribution < 1.29 is 19.4 Å². The molecule has 6 nitrogen and oxygen atoms in total. The molecule has 1 aliphatic heterocycles. The number of carbonyl (C=O) groups is 2. The number of likely N-dealkylation sites (tertiary alicyclic amines) is 1. The van der Waals surface area contributed by atoms with Crippen molar-refractivity contribution in [3.8, 4) is 5.75 Å². The summed E-state index contributed by atoms with van der Waals surface area (Å²) >= 11 is 1.23. The second-order valence-electron chi connectivity index (χ2n) is 7.63. The number of hydrogen-bond donors (Lipinski definition) is 2. The molecule has 1 atom stereocenters. The number of carbonyl (C=O) groups excluding carboxylic acids is 1. The van der Waals surface area contributed by atoms with E-state index in [0.29, 0.717) is 25.2 Å². The quantitative estimate of drug-likeness (QED) is 0.511. The lowest BCUT2D eigenvalue weighted by molar-refractivity contribution is -0.134. The van der Waals surface area contributed by atoms with E-state index in [4.69, 9.17) is 4.74 Å². The Morgan fingerprint density at radius 3 is 2.72 bits per heavy atom. The molecule has 1 unspecified atom stereocenters. The smallest absolute Gasteiger partial charge is 0.348 e. The number of aromatic carboxylic acids is 1. The summed E-state index contributed by atoms with van der Waals surface area (Å²) in [6.07, 6.45) is 8.38. The number of hydrogen-bond acceptors (Lipinski definition) is 5. The third-order valence-corrected chi connectivity index (χ3v) is 6.58. The van der Waals surface area contributed by atoms with E-state index in [1.807, 2.05) is 60.4 Å². The van der Waals surface area contributed by atoms with Gasteiger partial charge in [-0.05, 0) is 42.7 Å². The van der Waals surface area contributed by atoms with Gasteiger partial charge in [-0.15, -0.1) is 11.3 Å². The molecule has 0 saturated carbocycles. The zero-order valence-corrected chi connectivity index (χ0v) is 19.2. The Hall–Kier alpha value is -3.32. The molecule has 0 spiro atoms. The second kappa shape index (κ2) is 10.8. The van der Waals surface area contributed by atoms with Gasteiger partial charge in [-0.2, -0.15) is 0 Å². The molecule has 2 N–H and O–H groups in total. The van der Waals surface area contributed by atoms with E-state index >= 15 is 0 Å². The number of benzene rings is 1. The Morgan fingerprint density at radius 1 is 1.34 bits per heavy atom. The van der Waals surface area contributed by atoms with Crippen LogP contribution >= 0.6 is 11.3 Å². The van der Waals surface area contributed by atoms with Crippen molar-refractivity contribution in [2.45, 2.75) is 32.4 Å². The maximum atomic E-state index is 12.7. The first-order chi connectivity index (χ1) is 15.4. The highest BCUT2D eigenvalue weighted by molar-refractivity contribution is 7.15. The molecule has 1 aromatic heterocycles. The topological polar surface area (TPSA) is 78.9 Å². The van der Waals surface area contributed by atoms with Crippen LogP contribution in [0.1, 0.15) is 39.9 Å². The van der Waals surface area contributed by atoms with Crippen molar-refractivity contribution in [1.29, 1.82) is 0 Å². The molecule has 1 aliphatic rings. The molecule has 2 heterocycles. The van der Waals surface area contributed by atoms with E-state index in [9.17, 15) is 14.7 Å². The zero-order valence-electron chi connectivity index (χ0n) is 18.3. The number of methoxy groups -OCH3 is 1. The van der Waals surface area contributed by atoms with Crippen LogP contribution in [0.4, 0.5) is 5.69 Å². The van der Waals surface area contributed by atoms with E-state index in [1.165, 1.54) is 11.3 Å². The number of carboxylic acid groups (broad SMARTS) is 1. The van der Waals surface area contributed by atoms with Crippen LogP contribution in [-0.2, 0) is 11.3 Å². The fourth-order valence-electron chi connectivity index (χ4n) is 3.55. The van der Waals surface area contributed by atoms with Crippen LogP contribution in [0.3, 0.4) is 0 Å². The summed E-state index contributed by atoms with van der Waals surface area (Å²) in [5.41, 5.74) is 2.59. The predicted octanol–water partition coefficient (Wildman–Crippen LogP) is 5.20. The van der Waals surface area contributed by atoms with Crippen LogP contribution in [0.5, 0.6) is 5.75 Å². The molecule has 168 valence electrons. The number of thiophene rings is 1. The Balaban J connectivity index is 1.66. The van der Waals surface area contributed by atoms with E-state index in [1.54, 1.807) is 13.2 Å². The number of carboxylic acids is 1. The predicted molar refractivity (Wildman–Crippen MR) is 129 cm³/mol. The average molecular weight is 453 g/mol. The number of ether oxygens (including phenoxy) is 1. The highest BCUT2D eigenvalue weighted by Crippen LogP contribution is 2.33. The van der Waals surface area contributed by atoms with Gasteiger partial charge in [0.15, 0.2) is 0 Å². The van der Waals surface area contributed by atoms with Crippen LogP contribution in [0, 0.1) is 0 Å². The molecule has 2 aromatic rings. The fourth-order valence-corrected chi connectivity index (χ4v) is 4.49. The van der Waals surface area contributed by atoms with Gasteiger partial charge in [0.05, 0.1) is 12.8 Å². The van der Waals surface area contributed by atoms with Crippen LogP contribution in [0.2, 0.25) is 0 Å². The van der Waals surface area contributed by atoms with Gasteiger partial charge in [0.2, 0.25) is 5.91 Å². The standard InChI is InChI=1S/C25H28N2O4S/c1-4-5-6-7-17(2)22-15-21(24(32-22)25(29)30)26-19-12-13-27(23(28)14-19)16-18-8-10-20(31-3)11-9-18/h4-11,15,19,26H,1,12-14,16H2,2-3H3,(H,29,30). The van der Waals surface area contributed by atoms with Crippen molar-refractivity contribution in [2.75, 3.05) is 19.0 Å². The number of piperidine rings is 1. The first-order valence-electron chi connectivity index (χ1n) is 10.4. The average Bonchev–Trinajstić information content (AvgIpc) is 3.20. The van der Waals surface area contributed by atoms with Gasteiger partial charge < -0.3 is 20.1 Å². The lowest BCUT2D eigenvalue weighted by Crippen LogP contribution is -2.42. The van der Waals surface area contributed by atoms with Crippen molar-refractivity contribution in [2.24, 2.45) is 0 Å². The molecule has 1 fully saturated rings. The number of allylic oxidation sites excluding steroid dienone is 5. The number of anilines is 1. The molecule has 3 rings (SSSR count). The van der Waals surface area contributed by atoms with E-state index in [0.717, 1.165) is 28.2 Å². The van der Waals surface area contributed by atoms with Gasteiger partial charge in [0, 0.05) is 30.4 Å². The zero-order chi connectivity index (χ0) is 23.1. The van der Waals surface area contributed by atoms with Gasteiger partial charge in [-0.25, -0.2) is 4.79 Å². The molecule has 1 saturated heterocycles. The minimum Gasteiger partial charge on any atom is -0.497 e. The Bertz CT molecular complexity index is 1040. The normalized spacial score (nSPS) is 16.9. The lowest BCUT2D eigenvalue weighted by atomic mass is 10.0. The maximum Gasteiger partial charge on any atom is 0.348 e. The summed E-state index contributed by atoms with van der Waals surface area (Å²) < 4.78 is 5.18. The summed E-state index contributed by atoms with van der Waals surface area (Å²) in [7, 11) is 1.63. The maximum absolute atomic E-state index is 12.7. The second-order valence-corrected chi connectivity index (χ2v) is 8.68. The number of nitrogens with one attached hydrogen (secondary N) is 1. The highest BCUT2D eigenvalue weighted by atomic mass is 32.1. The lowest BCUT2D eigenvalue weighted by Gasteiger charge is -2.32.